The first-order valence-electron chi connectivity index (χ1n) is 6.87. The zero-order valence-corrected chi connectivity index (χ0v) is 11.8. The Bertz CT molecular complexity index is 271. The molecule has 1 rings (SSSR count). The number of nitrogens with one attached hydrogen (secondary N) is 1. The first-order valence-corrected chi connectivity index (χ1v) is 6.87. The van der Waals surface area contributed by atoms with Crippen LogP contribution in [0.2, 0.25) is 0 Å². The summed E-state index contributed by atoms with van der Waals surface area (Å²) >= 11 is 0. The van der Waals surface area contributed by atoms with Crippen LogP contribution in [0.5, 0.6) is 0 Å². The topological polar surface area (TPSA) is 39.1 Å². The Labute approximate surface area is 106 Å². The van der Waals surface area contributed by atoms with Crippen LogP contribution in [0.1, 0.15) is 46.5 Å². The van der Waals surface area contributed by atoms with Gasteiger partial charge in [-0.25, -0.2) is 0 Å². The van der Waals surface area contributed by atoms with E-state index in [1.165, 1.54) is 25.7 Å². The summed E-state index contributed by atoms with van der Waals surface area (Å²) in [6, 6.07) is 3.07. The molecule has 3 atom stereocenters. The van der Waals surface area contributed by atoms with Crippen molar-refractivity contribution < 1.29 is 0 Å². The number of hydrogen-bond acceptors (Lipinski definition) is 3. The Balaban J connectivity index is 2.52. The van der Waals surface area contributed by atoms with E-state index < -0.39 is 5.54 Å². The van der Waals surface area contributed by atoms with Crippen molar-refractivity contribution in [3.8, 4) is 6.07 Å². The quantitative estimate of drug-likeness (QED) is 0.798. The van der Waals surface area contributed by atoms with E-state index >= 15 is 0 Å². The molecule has 0 bridgehead atoms. The van der Waals surface area contributed by atoms with Crippen LogP contribution in [0.3, 0.4) is 0 Å². The molecule has 1 aliphatic carbocycles. The van der Waals surface area contributed by atoms with Crippen molar-refractivity contribution in [1.82, 2.24) is 10.2 Å². The maximum atomic E-state index is 9.28. The van der Waals surface area contributed by atoms with Gasteiger partial charge in [0, 0.05) is 12.6 Å². The van der Waals surface area contributed by atoms with Crippen molar-refractivity contribution >= 4 is 0 Å². The number of nitriles is 1. The van der Waals surface area contributed by atoms with Gasteiger partial charge in [0.25, 0.3) is 0 Å². The summed E-state index contributed by atoms with van der Waals surface area (Å²) in [7, 11) is 2.16. The van der Waals surface area contributed by atoms with Crippen LogP contribution in [0.4, 0.5) is 0 Å². The maximum absolute atomic E-state index is 9.28. The third-order valence-electron chi connectivity index (χ3n) is 3.91. The summed E-state index contributed by atoms with van der Waals surface area (Å²) in [6.07, 6.45) is 5.27. The van der Waals surface area contributed by atoms with Gasteiger partial charge in [0.05, 0.1) is 6.07 Å². The van der Waals surface area contributed by atoms with Gasteiger partial charge in [-0.15, -0.1) is 0 Å². The highest BCUT2D eigenvalue weighted by Gasteiger charge is 2.29. The summed E-state index contributed by atoms with van der Waals surface area (Å²) in [5.41, 5.74) is -0.413. The van der Waals surface area contributed by atoms with E-state index in [1.54, 1.807) is 0 Å². The lowest BCUT2D eigenvalue weighted by Gasteiger charge is -2.37. The van der Waals surface area contributed by atoms with Crippen LogP contribution >= 0.6 is 0 Å². The van der Waals surface area contributed by atoms with Crippen LogP contribution < -0.4 is 5.32 Å². The average Bonchev–Trinajstić information content (AvgIpc) is 2.29. The standard InChI is InChI=1S/C14H27N3/c1-5-16-14(3,10-15)11-17(4)13-8-6-7-12(2)9-13/h12-13,16H,5-9,11H2,1-4H3. The van der Waals surface area contributed by atoms with E-state index in [0.717, 1.165) is 19.0 Å². The van der Waals surface area contributed by atoms with Gasteiger partial charge < -0.3 is 4.90 Å². The molecule has 3 nitrogen and oxygen atoms in total. The fourth-order valence-corrected chi connectivity index (χ4v) is 2.95. The molecule has 0 amide bonds. The van der Waals surface area contributed by atoms with Crippen LogP contribution in [0.15, 0.2) is 0 Å². The molecule has 0 saturated heterocycles. The normalized spacial score (nSPS) is 28.7. The number of nitrogens with zero attached hydrogens (tertiary/aromatic N) is 2. The predicted molar refractivity (Wildman–Crippen MR) is 71.7 cm³/mol. The minimum Gasteiger partial charge on any atom is -0.301 e. The third kappa shape index (κ3) is 4.29. The van der Waals surface area contributed by atoms with Gasteiger partial charge in [-0.1, -0.05) is 26.7 Å². The molecule has 1 N–H and O–H groups in total. The van der Waals surface area contributed by atoms with E-state index in [-0.39, 0.29) is 0 Å². The van der Waals surface area contributed by atoms with Crippen molar-refractivity contribution in [3.05, 3.63) is 0 Å². The minimum atomic E-state index is -0.413. The summed E-state index contributed by atoms with van der Waals surface area (Å²) in [4.78, 5) is 2.38. The van der Waals surface area contributed by atoms with Crippen molar-refractivity contribution in [2.75, 3.05) is 20.1 Å². The zero-order chi connectivity index (χ0) is 12.9. The molecular formula is C14H27N3. The second-order valence-electron chi connectivity index (χ2n) is 5.81. The molecule has 0 aliphatic heterocycles. The molecule has 17 heavy (non-hydrogen) atoms. The molecule has 1 saturated carbocycles. The minimum absolute atomic E-state index is 0.413. The van der Waals surface area contributed by atoms with E-state index in [4.69, 9.17) is 0 Å². The van der Waals surface area contributed by atoms with Crippen molar-refractivity contribution in [2.24, 2.45) is 5.92 Å². The van der Waals surface area contributed by atoms with Gasteiger partial charge in [-0.2, -0.15) is 5.26 Å². The highest BCUT2D eigenvalue weighted by Crippen LogP contribution is 2.27. The third-order valence-corrected chi connectivity index (χ3v) is 3.91. The summed E-state index contributed by atoms with van der Waals surface area (Å²) < 4.78 is 0. The Morgan fingerprint density at radius 3 is 2.71 bits per heavy atom. The molecule has 0 aromatic carbocycles. The lowest BCUT2D eigenvalue weighted by molar-refractivity contribution is 0.140. The summed E-state index contributed by atoms with van der Waals surface area (Å²) in [5.74, 6) is 0.837. The summed E-state index contributed by atoms with van der Waals surface area (Å²) in [6.45, 7) is 8.05. The molecule has 0 spiro atoms. The molecule has 1 aliphatic rings. The molecule has 0 aromatic heterocycles. The van der Waals surface area contributed by atoms with E-state index in [1.807, 2.05) is 6.92 Å². The van der Waals surface area contributed by atoms with Crippen LogP contribution in [-0.2, 0) is 0 Å². The first-order chi connectivity index (χ1) is 8.00. The molecule has 0 aromatic rings. The van der Waals surface area contributed by atoms with Crippen LogP contribution in [-0.4, -0.2) is 36.6 Å². The predicted octanol–water partition coefficient (Wildman–Crippen LogP) is 2.39. The molecule has 0 radical (unpaired) electrons. The van der Waals surface area contributed by atoms with Gasteiger partial charge in [-0.3, -0.25) is 5.32 Å². The fourth-order valence-electron chi connectivity index (χ4n) is 2.95. The maximum Gasteiger partial charge on any atom is 0.116 e. The van der Waals surface area contributed by atoms with Gasteiger partial charge in [0.15, 0.2) is 0 Å². The van der Waals surface area contributed by atoms with Crippen LogP contribution in [0, 0.1) is 17.2 Å². The van der Waals surface area contributed by atoms with Gasteiger partial charge in [-0.05, 0) is 39.3 Å². The molecule has 98 valence electrons. The first kappa shape index (κ1) is 14.5. The largest absolute Gasteiger partial charge is 0.301 e. The Kier molecular flexibility index (Phi) is 5.42. The summed E-state index contributed by atoms with van der Waals surface area (Å²) in [5, 5.41) is 12.6. The van der Waals surface area contributed by atoms with Crippen molar-refractivity contribution in [2.45, 2.75) is 58.0 Å². The molecule has 0 heterocycles. The van der Waals surface area contributed by atoms with E-state index in [0.29, 0.717) is 6.04 Å². The van der Waals surface area contributed by atoms with E-state index in [2.05, 4.69) is 37.2 Å². The molecule has 3 unspecified atom stereocenters. The highest BCUT2D eigenvalue weighted by atomic mass is 15.2. The highest BCUT2D eigenvalue weighted by molar-refractivity contribution is 5.05. The van der Waals surface area contributed by atoms with Gasteiger partial charge in [0.1, 0.15) is 5.54 Å². The van der Waals surface area contributed by atoms with Gasteiger partial charge in [0.2, 0.25) is 0 Å². The SMILES string of the molecule is CCNC(C)(C#N)CN(C)C1CCCC(C)C1. The number of hydrogen-bond donors (Lipinski definition) is 1. The lowest BCUT2D eigenvalue weighted by atomic mass is 9.86. The van der Waals surface area contributed by atoms with Gasteiger partial charge >= 0.3 is 0 Å². The fraction of sp³-hybridized carbons (Fsp3) is 0.929. The molecule has 3 heteroatoms. The van der Waals surface area contributed by atoms with E-state index in [9.17, 15) is 5.26 Å². The monoisotopic (exact) mass is 237 g/mol. The number of likely N-dealkylation sites (N-methyl/N-ethyl adjacent to an activating group) is 2. The lowest BCUT2D eigenvalue weighted by Crippen LogP contribution is -2.52. The second kappa shape index (κ2) is 6.37. The van der Waals surface area contributed by atoms with Crippen molar-refractivity contribution in [3.63, 3.8) is 0 Å². The second-order valence-corrected chi connectivity index (χ2v) is 5.81. The Morgan fingerprint density at radius 1 is 1.47 bits per heavy atom. The molecular weight excluding hydrogens is 210 g/mol. The number of rotatable bonds is 5. The molecule has 1 fully saturated rings. The van der Waals surface area contributed by atoms with Crippen molar-refractivity contribution in [1.29, 1.82) is 5.26 Å². The van der Waals surface area contributed by atoms with Crippen LogP contribution in [0.25, 0.3) is 0 Å². The Morgan fingerprint density at radius 2 is 2.18 bits per heavy atom. The average molecular weight is 237 g/mol. The zero-order valence-electron chi connectivity index (χ0n) is 11.8. The Hall–Kier alpha value is -0.590. The smallest absolute Gasteiger partial charge is 0.116 e.